The van der Waals surface area contributed by atoms with E-state index in [2.05, 4.69) is 96.8 Å². The van der Waals surface area contributed by atoms with Gasteiger partial charge >= 0.3 is 0 Å². The molecule has 3 fully saturated rings. The number of ether oxygens (including phenoxy) is 1. The van der Waals surface area contributed by atoms with E-state index in [1.165, 1.54) is 5.69 Å². The third-order valence-corrected chi connectivity index (χ3v) is 16.3. The Bertz CT molecular complexity index is 2970. The summed E-state index contributed by atoms with van der Waals surface area (Å²) >= 11 is 6.29. The first-order valence-corrected chi connectivity index (χ1v) is 25.1. The number of carbonyl (C=O) groups is 2. The highest BCUT2D eigenvalue weighted by Crippen LogP contribution is 2.55. The Kier molecular flexibility index (Phi) is 12.5. The van der Waals surface area contributed by atoms with Crippen LogP contribution in [0, 0.1) is 39.9 Å². The van der Waals surface area contributed by atoms with Crippen molar-refractivity contribution in [3.8, 4) is 34.3 Å². The first kappa shape index (κ1) is 47.3. The van der Waals surface area contributed by atoms with Crippen molar-refractivity contribution in [3.63, 3.8) is 0 Å². The number of halogens is 1. The number of carbonyl (C=O) groups excluding carboxylic acids is 2. The smallest absolute Gasteiger partial charge is 0.254 e. The van der Waals surface area contributed by atoms with Gasteiger partial charge < -0.3 is 24.8 Å². The fourth-order valence-corrected chi connectivity index (χ4v) is 12.7. The summed E-state index contributed by atoms with van der Waals surface area (Å²) in [5.41, 5.74) is 6.31. The molecule has 364 valence electrons. The number of likely N-dealkylation sites (tertiary alicyclic amines) is 1. The third-order valence-electron chi connectivity index (χ3n) is 16.0. The molecule has 4 aliphatic rings. The van der Waals surface area contributed by atoms with Gasteiger partial charge in [0.05, 0.1) is 39.8 Å². The molecular formula is C54H63ClN12O3. The van der Waals surface area contributed by atoms with Crippen molar-refractivity contribution in [1.29, 1.82) is 5.26 Å². The van der Waals surface area contributed by atoms with Crippen molar-refractivity contribution in [2.75, 3.05) is 44.2 Å². The monoisotopic (exact) mass is 962 g/mol. The second-order valence-electron chi connectivity index (χ2n) is 21.5. The minimum Gasteiger partial charge on any atom is -0.489 e. The van der Waals surface area contributed by atoms with Crippen LogP contribution in [0.4, 0.5) is 5.95 Å². The normalized spacial score (nSPS) is 23.3. The maximum Gasteiger partial charge on any atom is 0.254 e. The van der Waals surface area contributed by atoms with Crippen molar-refractivity contribution in [1.82, 2.24) is 49.6 Å². The van der Waals surface area contributed by atoms with Crippen LogP contribution < -0.4 is 15.0 Å². The van der Waals surface area contributed by atoms with Gasteiger partial charge in [0.2, 0.25) is 11.9 Å². The zero-order chi connectivity index (χ0) is 49.2. The summed E-state index contributed by atoms with van der Waals surface area (Å²) < 4.78 is 10.5. The molecule has 16 heteroatoms. The molecule has 7 heterocycles. The molecule has 2 amide bonds. The van der Waals surface area contributed by atoms with Crippen LogP contribution in [0.15, 0.2) is 73.4 Å². The second kappa shape index (κ2) is 18.4. The number of nitrogens with zero attached hydrogens (tertiary/aromatic N) is 11. The van der Waals surface area contributed by atoms with E-state index in [4.69, 9.17) is 36.4 Å². The number of anilines is 1. The summed E-state index contributed by atoms with van der Waals surface area (Å²) in [5, 5.41) is 24.8. The molecular weight excluding hydrogens is 900 g/mol. The minimum atomic E-state index is -0.387. The van der Waals surface area contributed by atoms with Gasteiger partial charge in [-0.1, -0.05) is 71.3 Å². The zero-order valence-electron chi connectivity index (χ0n) is 41.5. The van der Waals surface area contributed by atoms with E-state index in [1.54, 1.807) is 42.2 Å². The Labute approximate surface area is 415 Å². The summed E-state index contributed by atoms with van der Waals surface area (Å²) in [7, 11) is 1.91. The van der Waals surface area contributed by atoms with Gasteiger partial charge in [-0.3, -0.25) is 23.9 Å². The Morgan fingerprint density at radius 3 is 2.33 bits per heavy atom. The maximum absolute atomic E-state index is 13.7. The molecule has 2 saturated heterocycles. The Morgan fingerprint density at radius 2 is 1.67 bits per heavy atom. The molecule has 2 unspecified atom stereocenters. The number of nitriles is 1. The molecule has 6 aromatic rings. The summed E-state index contributed by atoms with van der Waals surface area (Å²) in [6.45, 7) is 20.7. The van der Waals surface area contributed by atoms with Crippen molar-refractivity contribution in [2.24, 2.45) is 35.6 Å². The van der Waals surface area contributed by atoms with Gasteiger partial charge in [-0.2, -0.15) is 15.5 Å². The van der Waals surface area contributed by atoms with Crippen molar-refractivity contribution in [2.45, 2.75) is 92.5 Å². The van der Waals surface area contributed by atoms with Crippen LogP contribution in [0.25, 0.3) is 33.3 Å². The molecule has 2 aromatic carbocycles. The number of hydrogen-bond donors (Lipinski definition) is 1. The quantitative estimate of drug-likeness (QED) is 0.140. The number of amides is 2. The third kappa shape index (κ3) is 8.67. The van der Waals surface area contributed by atoms with Crippen LogP contribution >= 0.6 is 11.6 Å². The molecule has 3 aliphatic heterocycles. The fourth-order valence-electron chi connectivity index (χ4n) is 12.5. The topological polar surface area (TPSA) is 163 Å². The molecule has 0 radical (unpaired) electrons. The van der Waals surface area contributed by atoms with Gasteiger partial charge in [0, 0.05) is 142 Å². The van der Waals surface area contributed by atoms with Gasteiger partial charge in [-0.05, 0) is 54.2 Å². The summed E-state index contributed by atoms with van der Waals surface area (Å²) in [5.74, 6) is 2.48. The SMILES string of the molecule is CC(=O)N1CCc2c(c(-c3cccc4cc(-c5cnn(C)c5)ncc34)nn2C2CCN(CC3C(C)CN(c4ncc(C(=O)NC5C(C)(C)C(Oc6ccc(C#N)c(Cl)c6)C5(C)C)cn4)CC3C)CC2)C1. The number of hydrogen-bond acceptors (Lipinski definition) is 11. The van der Waals surface area contributed by atoms with E-state index in [0.29, 0.717) is 58.7 Å². The molecule has 0 bridgehead atoms. The minimum absolute atomic E-state index is 0.0896. The van der Waals surface area contributed by atoms with Crippen LogP contribution in [0.5, 0.6) is 5.75 Å². The van der Waals surface area contributed by atoms with E-state index in [9.17, 15) is 14.9 Å². The molecule has 10 rings (SSSR count). The predicted octanol–water partition coefficient (Wildman–Crippen LogP) is 8.38. The average Bonchev–Trinajstić information content (AvgIpc) is 3.96. The van der Waals surface area contributed by atoms with Crippen LogP contribution in [-0.2, 0) is 24.8 Å². The zero-order valence-corrected chi connectivity index (χ0v) is 42.2. The highest BCUT2D eigenvalue weighted by atomic mass is 35.5. The number of piperidine rings is 2. The van der Waals surface area contributed by atoms with E-state index in [0.717, 1.165) is 90.8 Å². The van der Waals surface area contributed by atoms with Crippen LogP contribution in [0.3, 0.4) is 0 Å². The van der Waals surface area contributed by atoms with E-state index in [-0.39, 0.29) is 40.8 Å². The number of aromatic nitrogens is 7. The number of aryl methyl sites for hydroxylation is 1. The lowest BCUT2D eigenvalue weighted by atomic mass is 9.49. The van der Waals surface area contributed by atoms with Gasteiger partial charge in [-0.15, -0.1) is 0 Å². The highest BCUT2D eigenvalue weighted by Gasteiger charge is 2.64. The van der Waals surface area contributed by atoms with Gasteiger partial charge in [0.25, 0.3) is 5.91 Å². The van der Waals surface area contributed by atoms with Gasteiger partial charge in [0.1, 0.15) is 17.9 Å². The van der Waals surface area contributed by atoms with Gasteiger partial charge in [0.15, 0.2) is 0 Å². The molecule has 2 atom stereocenters. The van der Waals surface area contributed by atoms with Crippen LogP contribution in [0.1, 0.15) is 94.5 Å². The Morgan fingerprint density at radius 1 is 0.943 bits per heavy atom. The van der Waals surface area contributed by atoms with E-state index < -0.39 is 0 Å². The van der Waals surface area contributed by atoms with Crippen LogP contribution in [-0.4, -0.2) is 108 Å². The number of nitrogens with one attached hydrogen (secondary N) is 1. The average molecular weight is 964 g/mol. The summed E-state index contributed by atoms with van der Waals surface area (Å²) in [6, 6.07) is 15.8. The number of benzene rings is 2. The number of fused-ring (bicyclic) bond motifs is 2. The van der Waals surface area contributed by atoms with Crippen molar-refractivity contribution in [3.05, 3.63) is 101 Å². The second-order valence-corrected chi connectivity index (χ2v) is 21.9. The van der Waals surface area contributed by atoms with E-state index in [1.807, 2.05) is 30.5 Å². The summed E-state index contributed by atoms with van der Waals surface area (Å²) in [4.78, 5) is 47.6. The molecule has 15 nitrogen and oxygen atoms in total. The molecule has 0 spiro atoms. The maximum atomic E-state index is 13.7. The largest absolute Gasteiger partial charge is 0.489 e. The Balaban J connectivity index is 0.761. The highest BCUT2D eigenvalue weighted by molar-refractivity contribution is 6.31. The summed E-state index contributed by atoms with van der Waals surface area (Å²) in [6.07, 6.45) is 11.7. The molecule has 1 saturated carbocycles. The first-order chi connectivity index (χ1) is 33.5. The first-order valence-electron chi connectivity index (χ1n) is 24.7. The molecule has 1 aliphatic carbocycles. The molecule has 4 aromatic heterocycles. The number of rotatable bonds is 10. The van der Waals surface area contributed by atoms with Crippen molar-refractivity contribution >= 4 is 40.1 Å². The lowest BCUT2D eigenvalue weighted by Crippen LogP contribution is -2.74. The fraction of sp³-hybridized carbons (Fsp3) is 0.481. The standard InChI is InChI=1S/C54H63ClN12O3/c1-32-27-66(52-58-23-37(24-59-52)49(69)61-50-53(4,5)51(54(50,6)7)70-40-13-12-36(22-56)45(55)21-40)28-33(2)43(32)30-64-17-14-39(15-18-64)67-47-16-19-65(34(3)68)31-44(47)48(62-67)41-11-9-10-35-20-46(57-26-42(35)41)38-25-60-63(8)29-38/h9-13,20-21,23-26,29,32-33,39,43,50-51H,14-19,27-28,30-31H2,1-8H3,(H,61,69). The molecule has 1 N–H and O–H groups in total. The van der Waals surface area contributed by atoms with Gasteiger partial charge in [-0.25, -0.2) is 9.97 Å². The Hall–Kier alpha value is -6.37. The van der Waals surface area contributed by atoms with Crippen LogP contribution in [0.2, 0.25) is 5.02 Å². The van der Waals surface area contributed by atoms with E-state index >= 15 is 0 Å². The number of pyridine rings is 1. The lowest BCUT2D eigenvalue weighted by Gasteiger charge is -2.63. The molecule has 70 heavy (non-hydrogen) atoms. The lowest BCUT2D eigenvalue weighted by molar-refractivity contribution is -0.164. The predicted molar refractivity (Wildman–Crippen MR) is 270 cm³/mol. The van der Waals surface area contributed by atoms with Crippen molar-refractivity contribution < 1.29 is 14.3 Å².